The van der Waals surface area contributed by atoms with Crippen molar-refractivity contribution in [3.63, 3.8) is 0 Å². The first kappa shape index (κ1) is 23.4. The molecule has 0 aromatic carbocycles. The van der Waals surface area contributed by atoms with Gasteiger partial charge in [0.1, 0.15) is 0 Å². The Morgan fingerprint density at radius 2 is 1.67 bits per heavy atom. The molecular formula is C15H20Cl2Ti. The average molecular weight is 319 g/mol. The maximum atomic E-state index is 3.30. The van der Waals surface area contributed by atoms with Gasteiger partial charge in [-0.3, -0.25) is 12.2 Å². The summed E-state index contributed by atoms with van der Waals surface area (Å²) in [6.07, 6.45) is 20.9. The zero-order chi connectivity index (χ0) is 10.9. The van der Waals surface area contributed by atoms with Gasteiger partial charge >= 0.3 is 21.7 Å². The molecule has 0 unspecified atom stereocenters. The third-order valence-corrected chi connectivity index (χ3v) is 2.43. The van der Waals surface area contributed by atoms with E-state index in [0.29, 0.717) is 0 Å². The fraction of sp³-hybridized carbons (Fsp3) is 0.467. The second-order valence-corrected chi connectivity index (χ2v) is 3.88. The van der Waals surface area contributed by atoms with Crippen LogP contribution in [0.4, 0.5) is 0 Å². The Morgan fingerprint density at radius 3 is 2.00 bits per heavy atom. The zero-order valence-electron chi connectivity index (χ0n) is 11.1. The third kappa shape index (κ3) is 11.4. The van der Waals surface area contributed by atoms with E-state index in [1.807, 2.05) is 0 Å². The number of allylic oxidation sites excluding steroid dienone is 8. The summed E-state index contributed by atoms with van der Waals surface area (Å²) in [5.74, 6) is 0. The van der Waals surface area contributed by atoms with Crippen LogP contribution in [0, 0.1) is 12.2 Å². The molecule has 2 aliphatic carbocycles. The maximum Gasteiger partial charge on any atom is 4.00 e. The molecule has 0 aliphatic heterocycles. The minimum absolute atomic E-state index is 0. The summed E-state index contributed by atoms with van der Waals surface area (Å²) in [4.78, 5) is 0. The van der Waals surface area contributed by atoms with Crippen molar-refractivity contribution in [2.45, 2.75) is 46.0 Å². The van der Waals surface area contributed by atoms with Crippen molar-refractivity contribution in [2.24, 2.45) is 0 Å². The summed E-state index contributed by atoms with van der Waals surface area (Å²) in [5, 5.41) is 0. The number of unbranched alkanes of at least 4 members (excludes halogenated alkanes) is 1. The van der Waals surface area contributed by atoms with Gasteiger partial charge in [0.15, 0.2) is 0 Å². The van der Waals surface area contributed by atoms with Crippen LogP contribution in [0.15, 0.2) is 35.5 Å². The molecule has 3 heteroatoms. The summed E-state index contributed by atoms with van der Waals surface area (Å²) in [7, 11) is 0. The van der Waals surface area contributed by atoms with E-state index in [0.717, 1.165) is 12.8 Å². The number of halogens is 2. The van der Waals surface area contributed by atoms with Gasteiger partial charge in [0, 0.05) is 0 Å². The summed E-state index contributed by atoms with van der Waals surface area (Å²) in [6, 6.07) is 0. The van der Waals surface area contributed by atoms with Gasteiger partial charge in [-0.25, -0.2) is 23.3 Å². The Balaban J connectivity index is -0.000000225. The van der Waals surface area contributed by atoms with Crippen LogP contribution < -0.4 is 24.8 Å². The monoisotopic (exact) mass is 318 g/mol. The Labute approximate surface area is 139 Å². The third-order valence-electron chi connectivity index (χ3n) is 2.43. The first-order valence-corrected chi connectivity index (χ1v) is 5.83. The second-order valence-electron chi connectivity index (χ2n) is 3.88. The van der Waals surface area contributed by atoms with Crippen molar-refractivity contribution in [1.82, 2.24) is 0 Å². The Bertz CT molecular complexity index is 299. The van der Waals surface area contributed by atoms with Crippen molar-refractivity contribution in [1.29, 1.82) is 0 Å². The predicted molar refractivity (Wildman–Crippen MR) is 66.2 cm³/mol. The molecule has 0 aromatic rings. The minimum Gasteiger partial charge on any atom is -1.00 e. The molecule has 0 aromatic heterocycles. The summed E-state index contributed by atoms with van der Waals surface area (Å²) < 4.78 is 0. The van der Waals surface area contributed by atoms with Crippen molar-refractivity contribution in [3.8, 4) is 0 Å². The van der Waals surface area contributed by atoms with Crippen LogP contribution in [0.3, 0.4) is 0 Å². The number of hydrogen-bond donors (Lipinski definition) is 0. The summed E-state index contributed by atoms with van der Waals surface area (Å²) in [6.45, 7) is 4.28. The van der Waals surface area contributed by atoms with Gasteiger partial charge in [0.05, 0.1) is 0 Å². The van der Waals surface area contributed by atoms with E-state index in [4.69, 9.17) is 0 Å². The molecule has 0 fully saturated rings. The molecule has 0 heterocycles. The van der Waals surface area contributed by atoms with Crippen LogP contribution in [-0.4, -0.2) is 0 Å². The molecule has 0 bridgehead atoms. The van der Waals surface area contributed by atoms with E-state index in [-0.39, 0.29) is 46.5 Å². The average Bonchev–Trinajstić information content (AvgIpc) is 2.88. The summed E-state index contributed by atoms with van der Waals surface area (Å²) in [5.41, 5.74) is 2.69. The minimum atomic E-state index is 0. The smallest absolute Gasteiger partial charge is 1.00 e. The van der Waals surface area contributed by atoms with Gasteiger partial charge in [-0.15, -0.1) is 12.8 Å². The Morgan fingerprint density at radius 1 is 1.06 bits per heavy atom. The normalized spacial score (nSPS) is 14.3. The molecule has 0 saturated heterocycles. The van der Waals surface area contributed by atoms with Gasteiger partial charge in [0.25, 0.3) is 0 Å². The molecule has 98 valence electrons. The topological polar surface area (TPSA) is 0 Å². The molecule has 0 amide bonds. The first-order chi connectivity index (χ1) is 7.33. The first-order valence-electron chi connectivity index (χ1n) is 5.83. The summed E-state index contributed by atoms with van der Waals surface area (Å²) >= 11 is 0. The van der Waals surface area contributed by atoms with Crippen LogP contribution in [0.5, 0.6) is 0 Å². The molecule has 0 spiro atoms. The molecule has 0 nitrogen and oxygen atoms in total. The van der Waals surface area contributed by atoms with Crippen molar-refractivity contribution < 1.29 is 46.5 Å². The van der Waals surface area contributed by atoms with Gasteiger partial charge < -0.3 is 24.8 Å². The molecule has 0 radical (unpaired) electrons. The molecule has 0 atom stereocenters. The van der Waals surface area contributed by atoms with E-state index >= 15 is 0 Å². The standard InChI is InChI=1S/C9H13.C6H7.2ClH.Ti/c1-2-3-6-9-7-4-5-8-9;1-6-4-2-3-5-6;;;/h4,7H,2-3,5-6H2,1H3;2,4H,3H2,1H3;2*1H;/q2*-1;;;+4/p-2. The van der Waals surface area contributed by atoms with Crippen LogP contribution >= 0.6 is 0 Å². The van der Waals surface area contributed by atoms with E-state index in [1.54, 1.807) is 0 Å². The van der Waals surface area contributed by atoms with Crippen molar-refractivity contribution in [2.75, 3.05) is 0 Å². The second kappa shape index (κ2) is 15.3. The van der Waals surface area contributed by atoms with E-state index in [9.17, 15) is 0 Å². The van der Waals surface area contributed by atoms with Crippen LogP contribution in [0.25, 0.3) is 0 Å². The Kier molecular flexibility index (Phi) is 19.9. The maximum absolute atomic E-state index is 3.30. The fourth-order valence-electron chi connectivity index (χ4n) is 1.50. The number of hydrogen-bond acceptors (Lipinski definition) is 0. The van der Waals surface area contributed by atoms with Crippen LogP contribution in [-0.2, 0) is 21.7 Å². The van der Waals surface area contributed by atoms with Crippen molar-refractivity contribution >= 4 is 0 Å². The van der Waals surface area contributed by atoms with E-state index in [2.05, 4.69) is 50.3 Å². The SMILES string of the molecule is CC1=[C-]CC=C1.CCCCC1=[C-]CC=C1.[Cl-].[Cl-].[Ti+4]. The van der Waals surface area contributed by atoms with Gasteiger partial charge in [0.2, 0.25) is 0 Å². The van der Waals surface area contributed by atoms with Crippen LogP contribution in [0.1, 0.15) is 46.0 Å². The molecule has 18 heavy (non-hydrogen) atoms. The Hall–Kier alpha value is 0.254. The molecule has 0 saturated carbocycles. The van der Waals surface area contributed by atoms with Gasteiger partial charge in [-0.2, -0.15) is 12.2 Å². The predicted octanol–water partition coefficient (Wildman–Crippen LogP) is -1.43. The molecule has 2 aliphatic rings. The molecule has 0 N–H and O–H groups in total. The van der Waals surface area contributed by atoms with E-state index < -0.39 is 0 Å². The number of rotatable bonds is 3. The largest absolute Gasteiger partial charge is 4.00 e. The van der Waals surface area contributed by atoms with Crippen LogP contribution in [0.2, 0.25) is 0 Å². The van der Waals surface area contributed by atoms with Gasteiger partial charge in [-0.1, -0.05) is 33.1 Å². The zero-order valence-corrected chi connectivity index (χ0v) is 14.2. The fourth-order valence-corrected chi connectivity index (χ4v) is 1.50. The van der Waals surface area contributed by atoms with E-state index in [1.165, 1.54) is 30.4 Å². The quantitative estimate of drug-likeness (QED) is 0.442. The molecule has 2 rings (SSSR count). The van der Waals surface area contributed by atoms with Gasteiger partial charge in [-0.05, 0) is 0 Å². The van der Waals surface area contributed by atoms with Crippen molar-refractivity contribution in [3.05, 3.63) is 47.6 Å². The molecular weight excluding hydrogens is 299 g/mol.